The second-order valence-corrected chi connectivity index (χ2v) is 4.09. The van der Waals surface area contributed by atoms with E-state index in [0.717, 1.165) is 19.5 Å². The first kappa shape index (κ1) is 10.2. The van der Waals surface area contributed by atoms with Crippen LogP contribution in [-0.4, -0.2) is 13.1 Å². The van der Waals surface area contributed by atoms with E-state index in [1.54, 1.807) is 0 Å². The Labute approximate surface area is 90.9 Å². The Morgan fingerprint density at radius 1 is 1.47 bits per heavy atom. The molecule has 0 spiro atoms. The summed E-state index contributed by atoms with van der Waals surface area (Å²) in [6.07, 6.45) is 2.73. The summed E-state index contributed by atoms with van der Waals surface area (Å²) in [5.74, 6) is 0.673. The van der Waals surface area contributed by atoms with E-state index in [-0.39, 0.29) is 0 Å². The molecule has 0 saturated carbocycles. The van der Waals surface area contributed by atoms with Gasteiger partial charge in [0.25, 0.3) is 0 Å². The van der Waals surface area contributed by atoms with Gasteiger partial charge >= 0.3 is 0 Å². The smallest absolute Gasteiger partial charge is 0.0625 e. The fraction of sp³-hybridized carbons (Fsp3) is 0.462. The molecule has 1 aliphatic heterocycles. The minimum atomic E-state index is 0.617. The maximum absolute atomic E-state index is 8.55. The van der Waals surface area contributed by atoms with Crippen LogP contribution in [0, 0.1) is 11.3 Å². The highest BCUT2D eigenvalue weighted by atomic mass is 14.9. The SMILES string of the molecule is N#CCCc1cccc(C2CCNC2)c1. The minimum Gasteiger partial charge on any atom is -0.316 e. The van der Waals surface area contributed by atoms with Crippen molar-refractivity contribution >= 4 is 0 Å². The van der Waals surface area contributed by atoms with Gasteiger partial charge in [0.15, 0.2) is 0 Å². The van der Waals surface area contributed by atoms with E-state index in [9.17, 15) is 0 Å². The molecule has 0 amide bonds. The van der Waals surface area contributed by atoms with Crippen molar-refractivity contribution in [2.45, 2.75) is 25.2 Å². The lowest BCUT2D eigenvalue weighted by Crippen LogP contribution is -2.08. The largest absolute Gasteiger partial charge is 0.316 e. The highest BCUT2D eigenvalue weighted by Gasteiger charge is 2.16. The number of hydrogen-bond donors (Lipinski definition) is 1. The van der Waals surface area contributed by atoms with E-state index in [1.807, 2.05) is 0 Å². The number of hydrogen-bond acceptors (Lipinski definition) is 2. The van der Waals surface area contributed by atoms with Gasteiger partial charge in [-0.05, 0) is 36.4 Å². The highest BCUT2D eigenvalue weighted by molar-refractivity contribution is 5.27. The van der Waals surface area contributed by atoms with E-state index in [2.05, 4.69) is 35.7 Å². The lowest BCUT2D eigenvalue weighted by Gasteiger charge is -2.09. The zero-order chi connectivity index (χ0) is 10.5. The van der Waals surface area contributed by atoms with Crippen LogP contribution in [0.25, 0.3) is 0 Å². The van der Waals surface area contributed by atoms with Crippen LogP contribution >= 0.6 is 0 Å². The standard InChI is InChI=1S/C13H16N2/c14-7-2-4-11-3-1-5-12(9-11)13-6-8-15-10-13/h1,3,5,9,13,15H,2,4,6,8,10H2. The average Bonchev–Trinajstić information content (AvgIpc) is 2.80. The highest BCUT2D eigenvalue weighted by Crippen LogP contribution is 2.23. The summed E-state index contributed by atoms with van der Waals surface area (Å²) in [5.41, 5.74) is 2.72. The van der Waals surface area contributed by atoms with Crippen LogP contribution in [0.15, 0.2) is 24.3 Å². The first-order valence-corrected chi connectivity index (χ1v) is 5.56. The topological polar surface area (TPSA) is 35.8 Å². The second-order valence-electron chi connectivity index (χ2n) is 4.09. The summed E-state index contributed by atoms with van der Waals surface area (Å²) < 4.78 is 0. The molecule has 1 aromatic rings. The van der Waals surface area contributed by atoms with Crippen molar-refractivity contribution in [1.82, 2.24) is 5.32 Å². The number of nitrogens with one attached hydrogen (secondary N) is 1. The van der Waals surface area contributed by atoms with Crippen LogP contribution in [-0.2, 0) is 6.42 Å². The Balaban J connectivity index is 2.08. The molecule has 1 atom stereocenters. The summed E-state index contributed by atoms with van der Waals surface area (Å²) in [5, 5.41) is 11.9. The van der Waals surface area contributed by atoms with Crippen LogP contribution in [0.4, 0.5) is 0 Å². The molecule has 2 heteroatoms. The Morgan fingerprint density at radius 3 is 3.13 bits per heavy atom. The summed E-state index contributed by atoms with van der Waals surface area (Å²) in [7, 11) is 0. The van der Waals surface area contributed by atoms with Gasteiger partial charge in [0, 0.05) is 13.0 Å². The van der Waals surface area contributed by atoms with Gasteiger partial charge in [-0.2, -0.15) is 5.26 Å². The first-order valence-electron chi connectivity index (χ1n) is 5.56. The third-order valence-electron chi connectivity index (χ3n) is 3.01. The van der Waals surface area contributed by atoms with Crippen LogP contribution in [0.5, 0.6) is 0 Å². The monoisotopic (exact) mass is 200 g/mol. The summed E-state index contributed by atoms with van der Waals surface area (Å²) in [6, 6.07) is 10.9. The number of nitrogens with zero attached hydrogens (tertiary/aromatic N) is 1. The zero-order valence-electron chi connectivity index (χ0n) is 8.87. The predicted molar refractivity (Wildman–Crippen MR) is 60.6 cm³/mol. The number of benzene rings is 1. The molecule has 0 aromatic heterocycles. The van der Waals surface area contributed by atoms with E-state index >= 15 is 0 Å². The maximum Gasteiger partial charge on any atom is 0.0625 e. The van der Waals surface area contributed by atoms with Crippen molar-refractivity contribution in [3.8, 4) is 6.07 Å². The number of aryl methyl sites for hydroxylation is 1. The molecule has 1 heterocycles. The molecule has 15 heavy (non-hydrogen) atoms. The molecular weight excluding hydrogens is 184 g/mol. The molecular formula is C13H16N2. The van der Waals surface area contributed by atoms with Gasteiger partial charge in [-0.15, -0.1) is 0 Å². The molecule has 1 aliphatic rings. The summed E-state index contributed by atoms with van der Waals surface area (Å²) in [6.45, 7) is 2.23. The van der Waals surface area contributed by atoms with Crippen LogP contribution in [0.3, 0.4) is 0 Å². The molecule has 78 valence electrons. The molecule has 0 bridgehead atoms. The van der Waals surface area contributed by atoms with Crippen molar-refractivity contribution in [1.29, 1.82) is 5.26 Å². The third kappa shape index (κ3) is 2.57. The normalized spacial score (nSPS) is 20.1. The van der Waals surface area contributed by atoms with Crippen molar-refractivity contribution in [2.24, 2.45) is 0 Å². The molecule has 2 rings (SSSR count). The maximum atomic E-state index is 8.55. The summed E-state index contributed by atoms with van der Waals surface area (Å²) in [4.78, 5) is 0. The molecule has 1 N–H and O–H groups in total. The van der Waals surface area contributed by atoms with Crippen molar-refractivity contribution in [3.63, 3.8) is 0 Å². The third-order valence-corrected chi connectivity index (χ3v) is 3.01. The first-order chi connectivity index (χ1) is 7.40. The minimum absolute atomic E-state index is 0.617. The summed E-state index contributed by atoms with van der Waals surface area (Å²) >= 11 is 0. The fourth-order valence-corrected chi connectivity index (χ4v) is 2.14. The lowest BCUT2D eigenvalue weighted by atomic mass is 9.95. The second kappa shape index (κ2) is 4.95. The van der Waals surface area contributed by atoms with Gasteiger partial charge in [-0.1, -0.05) is 24.3 Å². The van der Waals surface area contributed by atoms with Gasteiger partial charge < -0.3 is 5.32 Å². The molecule has 1 unspecified atom stereocenters. The van der Waals surface area contributed by atoms with Crippen LogP contribution in [0.2, 0.25) is 0 Å². The number of rotatable bonds is 3. The van der Waals surface area contributed by atoms with Gasteiger partial charge in [0.2, 0.25) is 0 Å². The van der Waals surface area contributed by atoms with Crippen molar-refractivity contribution in [2.75, 3.05) is 13.1 Å². The van der Waals surface area contributed by atoms with Crippen LogP contribution < -0.4 is 5.32 Å². The van der Waals surface area contributed by atoms with E-state index < -0.39 is 0 Å². The molecule has 1 saturated heterocycles. The lowest BCUT2D eigenvalue weighted by molar-refractivity contribution is 0.761. The van der Waals surface area contributed by atoms with Gasteiger partial charge in [0.05, 0.1) is 6.07 Å². The van der Waals surface area contributed by atoms with Crippen molar-refractivity contribution < 1.29 is 0 Å². The average molecular weight is 200 g/mol. The Morgan fingerprint density at radius 2 is 2.40 bits per heavy atom. The molecule has 0 radical (unpaired) electrons. The fourth-order valence-electron chi connectivity index (χ4n) is 2.14. The van der Waals surface area contributed by atoms with Gasteiger partial charge in [-0.3, -0.25) is 0 Å². The zero-order valence-corrected chi connectivity index (χ0v) is 8.87. The van der Waals surface area contributed by atoms with E-state index in [1.165, 1.54) is 17.5 Å². The Hall–Kier alpha value is -1.33. The number of nitriles is 1. The molecule has 1 aromatic carbocycles. The predicted octanol–water partition coefficient (Wildman–Crippen LogP) is 2.22. The van der Waals surface area contributed by atoms with E-state index in [0.29, 0.717) is 12.3 Å². The molecule has 2 nitrogen and oxygen atoms in total. The Bertz CT molecular complexity index is 359. The van der Waals surface area contributed by atoms with Gasteiger partial charge in [-0.25, -0.2) is 0 Å². The van der Waals surface area contributed by atoms with Crippen LogP contribution in [0.1, 0.15) is 29.9 Å². The molecule has 0 aliphatic carbocycles. The van der Waals surface area contributed by atoms with Crippen molar-refractivity contribution in [3.05, 3.63) is 35.4 Å². The molecule has 1 fully saturated rings. The van der Waals surface area contributed by atoms with E-state index in [4.69, 9.17) is 5.26 Å². The quantitative estimate of drug-likeness (QED) is 0.812. The Kier molecular flexibility index (Phi) is 3.37. The van der Waals surface area contributed by atoms with Gasteiger partial charge in [0.1, 0.15) is 0 Å².